The van der Waals surface area contributed by atoms with Gasteiger partial charge in [-0.2, -0.15) is 5.10 Å². The minimum atomic E-state index is -0.894. The fraction of sp³-hybridized carbons (Fsp3) is 0.333. The average molecular weight is 287 g/mol. The number of hydrogen-bond donors (Lipinski definition) is 2. The second kappa shape index (κ2) is 6.07. The van der Waals surface area contributed by atoms with E-state index in [-0.39, 0.29) is 6.10 Å². The van der Waals surface area contributed by atoms with E-state index < -0.39 is 5.97 Å². The molecule has 2 aromatic rings. The van der Waals surface area contributed by atoms with Crippen LogP contribution in [0.3, 0.4) is 0 Å². The van der Waals surface area contributed by atoms with E-state index in [4.69, 9.17) is 9.84 Å². The zero-order valence-electron chi connectivity index (χ0n) is 11.5. The van der Waals surface area contributed by atoms with Crippen LogP contribution in [-0.4, -0.2) is 45.9 Å². The number of benzene rings is 1. The summed E-state index contributed by atoms with van der Waals surface area (Å²) in [4.78, 5) is 13.3. The fourth-order valence-electron chi connectivity index (χ4n) is 2.54. The first-order valence-electron chi connectivity index (χ1n) is 6.88. The Kier molecular flexibility index (Phi) is 3.98. The third-order valence-corrected chi connectivity index (χ3v) is 3.60. The van der Waals surface area contributed by atoms with Gasteiger partial charge in [-0.25, -0.2) is 4.79 Å². The number of nitrogens with one attached hydrogen (secondary N) is 1. The number of ether oxygens (including phenoxy) is 1. The molecule has 0 amide bonds. The maximum atomic E-state index is 11.0. The van der Waals surface area contributed by atoms with Crippen molar-refractivity contribution in [3.8, 4) is 0 Å². The van der Waals surface area contributed by atoms with Crippen molar-refractivity contribution < 1.29 is 14.6 Å². The van der Waals surface area contributed by atoms with Crippen molar-refractivity contribution in [2.75, 3.05) is 19.7 Å². The normalized spacial score (nSPS) is 19.5. The molecule has 0 radical (unpaired) electrons. The third-order valence-electron chi connectivity index (χ3n) is 3.60. The molecule has 0 aliphatic carbocycles. The van der Waals surface area contributed by atoms with Gasteiger partial charge in [0.05, 0.1) is 17.9 Å². The molecule has 110 valence electrons. The van der Waals surface area contributed by atoms with Crippen LogP contribution in [0.2, 0.25) is 0 Å². The first-order chi connectivity index (χ1) is 10.2. The van der Waals surface area contributed by atoms with Crippen molar-refractivity contribution in [1.29, 1.82) is 0 Å². The molecule has 1 atom stereocenters. The Hall–Kier alpha value is -2.18. The Morgan fingerprint density at radius 1 is 1.48 bits per heavy atom. The molecule has 1 unspecified atom stereocenters. The maximum absolute atomic E-state index is 11.0. The summed E-state index contributed by atoms with van der Waals surface area (Å²) in [6, 6.07) is 8.99. The zero-order chi connectivity index (χ0) is 14.7. The molecule has 1 aliphatic rings. The predicted molar refractivity (Wildman–Crippen MR) is 76.0 cm³/mol. The highest BCUT2D eigenvalue weighted by Crippen LogP contribution is 2.21. The highest BCUT2D eigenvalue weighted by atomic mass is 16.5. The monoisotopic (exact) mass is 287 g/mol. The molecule has 6 nitrogen and oxygen atoms in total. The molecule has 1 fully saturated rings. The Balaban J connectivity index is 1.67. The van der Waals surface area contributed by atoms with Gasteiger partial charge in [0.15, 0.2) is 0 Å². The molecule has 1 aliphatic heterocycles. The number of aromatic nitrogens is 2. The summed E-state index contributed by atoms with van der Waals surface area (Å²) in [7, 11) is 0. The summed E-state index contributed by atoms with van der Waals surface area (Å²) >= 11 is 0. The molecular weight excluding hydrogens is 270 g/mol. The summed E-state index contributed by atoms with van der Waals surface area (Å²) in [6.07, 6.45) is 1.71. The maximum Gasteiger partial charge on any atom is 0.335 e. The van der Waals surface area contributed by atoms with Crippen molar-refractivity contribution in [1.82, 2.24) is 15.1 Å². The van der Waals surface area contributed by atoms with Crippen molar-refractivity contribution in [3.63, 3.8) is 0 Å². The van der Waals surface area contributed by atoms with Crippen LogP contribution in [0.15, 0.2) is 36.5 Å². The van der Waals surface area contributed by atoms with Crippen LogP contribution < -0.4 is 0 Å². The number of carboxylic acids is 1. The quantitative estimate of drug-likeness (QED) is 0.894. The van der Waals surface area contributed by atoms with Gasteiger partial charge >= 0.3 is 5.97 Å². The van der Waals surface area contributed by atoms with Gasteiger partial charge in [-0.1, -0.05) is 12.1 Å². The van der Waals surface area contributed by atoms with E-state index in [1.165, 1.54) is 0 Å². The van der Waals surface area contributed by atoms with Crippen LogP contribution >= 0.6 is 0 Å². The standard InChI is InChI=1S/C15H17N3O3/c19-15(20)12-3-1-2-11(8-12)9-18-6-7-21-14(10-18)13-4-5-16-17-13/h1-5,8,14H,6-7,9-10H2,(H,16,17)(H,19,20). The van der Waals surface area contributed by atoms with Crippen molar-refractivity contribution in [2.24, 2.45) is 0 Å². The average Bonchev–Trinajstić information content (AvgIpc) is 3.02. The topological polar surface area (TPSA) is 78.4 Å². The summed E-state index contributed by atoms with van der Waals surface area (Å²) in [5.74, 6) is -0.894. The lowest BCUT2D eigenvalue weighted by Gasteiger charge is -2.32. The van der Waals surface area contributed by atoms with Crippen LogP contribution in [0.5, 0.6) is 0 Å². The van der Waals surface area contributed by atoms with E-state index in [9.17, 15) is 4.79 Å². The van der Waals surface area contributed by atoms with E-state index in [0.717, 1.165) is 30.9 Å². The smallest absolute Gasteiger partial charge is 0.335 e. The summed E-state index contributed by atoms with van der Waals surface area (Å²) < 4.78 is 5.75. The van der Waals surface area contributed by atoms with E-state index >= 15 is 0 Å². The number of carbonyl (C=O) groups is 1. The Morgan fingerprint density at radius 3 is 3.14 bits per heavy atom. The Bertz CT molecular complexity index is 612. The van der Waals surface area contributed by atoms with Gasteiger partial charge < -0.3 is 9.84 Å². The molecular formula is C15H17N3O3. The van der Waals surface area contributed by atoms with Gasteiger partial charge in [-0.3, -0.25) is 10.00 Å². The number of morpholine rings is 1. The van der Waals surface area contributed by atoms with Crippen LogP contribution in [0.4, 0.5) is 0 Å². The number of aromatic carboxylic acids is 1. The molecule has 0 spiro atoms. The van der Waals surface area contributed by atoms with E-state index in [0.29, 0.717) is 12.2 Å². The lowest BCUT2D eigenvalue weighted by molar-refractivity contribution is -0.0350. The Labute approximate surface area is 122 Å². The zero-order valence-corrected chi connectivity index (χ0v) is 11.5. The van der Waals surface area contributed by atoms with Gasteiger partial charge in [0.1, 0.15) is 6.10 Å². The van der Waals surface area contributed by atoms with E-state index in [1.54, 1.807) is 24.4 Å². The number of hydrogen-bond acceptors (Lipinski definition) is 4. The summed E-state index contributed by atoms with van der Waals surface area (Å²) in [6.45, 7) is 2.97. The molecule has 0 bridgehead atoms. The molecule has 2 heterocycles. The van der Waals surface area contributed by atoms with Crippen LogP contribution in [0, 0.1) is 0 Å². The predicted octanol–water partition coefficient (Wildman–Crippen LogP) is 1.68. The molecule has 3 rings (SSSR count). The second-order valence-corrected chi connectivity index (χ2v) is 5.11. The number of aromatic amines is 1. The molecule has 1 saturated heterocycles. The highest BCUT2D eigenvalue weighted by molar-refractivity contribution is 5.87. The highest BCUT2D eigenvalue weighted by Gasteiger charge is 2.23. The van der Waals surface area contributed by atoms with Crippen LogP contribution in [0.25, 0.3) is 0 Å². The van der Waals surface area contributed by atoms with E-state index in [1.807, 2.05) is 12.1 Å². The van der Waals surface area contributed by atoms with E-state index in [2.05, 4.69) is 15.1 Å². The first kappa shape index (κ1) is 13.8. The number of rotatable bonds is 4. The van der Waals surface area contributed by atoms with Crippen LogP contribution in [-0.2, 0) is 11.3 Å². The Morgan fingerprint density at radius 2 is 2.38 bits per heavy atom. The lowest BCUT2D eigenvalue weighted by Crippen LogP contribution is -2.38. The lowest BCUT2D eigenvalue weighted by atomic mass is 10.1. The molecule has 1 aromatic carbocycles. The fourth-order valence-corrected chi connectivity index (χ4v) is 2.54. The van der Waals surface area contributed by atoms with Gasteiger partial charge in [0.25, 0.3) is 0 Å². The molecule has 1 aromatic heterocycles. The van der Waals surface area contributed by atoms with Crippen molar-refractivity contribution in [3.05, 3.63) is 53.3 Å². The third kappa shape index (κ3) is 3.29. The number of nitrogens with zero attached hydrogens (tertiary/aromatic N) is 2. The minimum Gasteiger partial charge on any atom is -0.478 e. The SMILES string of the molecule is O=C(O)c1cccc(CN2CCOC(c3ccn[nH]3)C2)c1. The van der Waals surface area contributed by atoms with Crippen LogP contribution in [0.1, 0.15) is 27.7 Å². The van der Waals surface area contributed by atoms with Crippen molar-refractivity contribution in [2.45, 2.75) is 12.6 Å². The molecule has 0 saturated carbocycles. The minimum absolute atomic E-state index is 0.0103. The summed E-state index contributed by atoms with van der Waals surface area (Å²) in [5.41, 5.74) is 2.30. The van der Waals surface area contributed by atoms with Gasteiger partial charge in [0, 0.05) is 25.8 Å². The number of H-pyrrole nitrogens is 1. The van der Waals surface area contributed by atoms with Crippen molar-refractivity contribution >= 4 is 5.97 Å². The molecule has 6 heteroatoms. The summed E-state index contributed by atoms with van der Waals surface area (Å²) in [5, 5.41) is 15.9. The van der Waals surface area contributed by atoms with Gasteiger partial charge in [-0.05, 0) is 23.8 Å². The second-order valence-electron chi connectivity index (χ2n) is 5.11. The largest absolute Gasteiger partial charge is 0.478 e. The first-order valence-corrected chi connectivity index (χ1v) is 6.88. The number of carboxylic acid groups (broad SMARTS) is 1. The molecule has 21 heavy (non-hydrogen) atoms. The van der Waals surface area contributed by atoms with Gasteiger partial charge in [-0.15, -0.1) is 0 Å². The van der Waals surface area contributed by atoms with Gasteiger partial charge in [0.2, 0.25) is 0 Å². The molecule has 2 N–H and O–H groups in total.